The van der Waals surface area contributed by atoms with Crippen LogP contribution in [0.1, 0.15) is 27.4 Å². The molecule has 0 aliphatic carbocycles. The molecular formula is C18H16F3N5O3. The van der Waals surface area contributed by atoms with Crippen molar-refractivity contribution in [2.45, 2.75) is 26.3 Å². The van der Waals surface area contributed by atoms with E-state index < -0.39 is 18.0 Å². The van der Waals surface area contributed by atoms with Gasteiger partial charge in [-0.15, -0.1) is 13.2 Å². The number of halogens is 3. The normalized spacial score (nSPS) is 14.0. The summed E-state index contributed by atoms with van der Waals surface area (Å²) in [5, 5.41) is 8.20. The third kappa shape index (κ3) is 3.80. The van der Waals surface area contributed by atoms with Crippen LogP contribution < -0.4 is 4.74 Å². The van der Waals surface area contributed by atoms with Crippen molar-refractivity contribution in [1.29, 1.82) is 0 Å². The van der Waals surface area contributed by atoms with E-state index in [9.17, 15) is 18.0 Å². The van der Waals surface area contributed by atoms with Gasteiger partial charge in [0.25, 0.3) is 11.8 Å². The Labute approximate surface area is 162 Å². The second-order valence-corrected chi connectivity index (χ2v) is 6.60. The Morgan fingerprint density at radius 3 is 2.79 bits per heavy atom. The van der Waals surface area contributed by atoms with Crippen LogP contribution in [0.5, 0.6) is 5.75 Å². The molecule has 3 aromatic rings. The molecule has 8 nitrogen and oxygen atoms in total. The van der Waals surface area contributed by atoms with Gasteiger partial charge < -0.3 is 14.2 Å². The minimum absolute atomic E-state index is 0.106. The zero-order chi connectivity index (χ0) is 20.8. The monoisotopic (exact) mass is 407 g/mol. The van der Waals surface area contributed by atoms with Gasteiger partial charge in [-0.25, -0.2) is 0 Å². The number of aryl methyl sites for hydroxylation is 2. The molecule has 2 aromatic heterocycles. The Kier molecular flexibility index (Phi) is 4.52. The van der Waals surface area contributed by atoms with Crippen LogP contribution in [-0.4, -0.2) is 43.6 Å². The van der Waals surface area contributed by atoms with Crippen LogP contribution in [0.4, 0.5) is 13.2 Å². The Hall–Kier alpha value is -3.37. The summed E-state index contributed by atoms with van der Waals surface area (Å²) in [6, 6.07) is 5.03. The summed E-state index contributed by atoms with van der Waals surface area (Å²) in [6.07, 6.45) is -4.29. The van der Waals surface area contributed by atoms with Gasteiger partial charge in [0.1, 0.15) is 5.75 Å². The highest BCUT2D eigenvalue weighted by Crippen LogP contribution is 2.30. The van der Waals surface area contributed by atoms with Crippen molar-refractivity contribution in [3.8, 4) is 17.3 Å². The van der Waals surface area contributed by atoms with Gasteiger partial charge in [0, 0.05) is 36.8 Å². The zero-order valence-electron chi connectivity index (χ0n) is 15.5. The van der Waals surface area contributed by atoms with Gasteiger partial charge in [0.15, 0.2) is 11.5 Å². The fraction of sp³-hybridized carbons (Fsp3) is 0.333. The molecule has 4 rings (SSSR count). The molecule has 0 bridgehead atoms. The lowest BCUT2D eigenvalue weighted by Gasteiger charge is -2.27. The van der Waals surface area contributed by atoms with Crippen LogP contribution in [0.3, 0.4) is 0 Å². The molecule has 11 heteroatoms. The molecule has 3 heterocycles. The number of aromatic nitrogens is 4. The maximum absolute atomic E-state index is 12.9. The lowest BCUT2D eigenvalue weighted by molar-refractivity contribution is -0.274. The van der Waals surface area contributed by atoms with E-state index in [1.807, 2.05) is 0 Å². The third-order valence-corrected chi connectivity index (χ3v) is 4.57. The predicted octanol–water partition coefficient (Wildman–Crippen LogP) is 2.88. The van der Waals surface area contributed by atoms with E-state index in [0.29, 0.717) is 24.5 Å². The second-order valence-electron chi connectivity index (χ2n) is 6.60. The first kappa shape index (κ1) is 19.0. The van der Waals surface area contributed by atoms with E-state index in [1.165, 1.54) is 12.1 Å². The van der Waals surface area contributed by atoms with Crippen LogP contribution in [0.25, 0.3) is 11.6 Å². The molecule has 1 aromatic carbocycles. The van der Waals surface area contributed by atoms with Crippen molar-refractivity contribution in [2.24, 2.45) is 7.05 Å². The molecule has 1 amide bonds. The van der Waals surface area contributed by atoms with Crippen LogP contribution in [-0.2, 0) is 20.0 Å². The molecule has 0 saturated heterocycles. The number of ether oxygens (including phenoxy) is 1. The lowest BCUT2D eigenvalue weighted by Crippen LogP contribution is -2.36. The Morgan fingerprint density at radius 1 is 1.31 bits per heavy atom. The molecule has 0 atom stereocenters. The molecule has 0 radical (unpaired) electrons. The number of carbonyl (C=O) groups is 1. The Morgan fingerprint density at radius 2 is 2.10 bits per heavy atom. The van der Waals surface area contributed by atoms with E-state index in [4.69, 9.17) is 4.52 Å². The van der Waals surface area contributed by atoms with Crippen molar-refractivity contribution in [2.75, 3.05) is 6.54 Å². The molecule has 1 aliphatic rings. The van der Waals surface area contributed by atoms with Gasteiger partial charge in [-0.1, -0.05) is 11.2 Å². The minimum atomic E-state index is -4.82. The summed E-state index contributed by atoms with van der Waals surface area (Å²) in [5.74, 6) is -0.122. The highest BCUT2D eigenvalue weighted by atomic mass is 19.4. The number of nitrogens with zero attached hydrogens (tertiary/aromatic N) is 5. The van der Waals surface area contributed by atoms with Gasteiger partial charge >= 0.3 is 6.36 Å². The fourth-order valence-corrected chi connectivity index (χ4v) is 3.34. The highest BCUT2D eigenvalue weighted by Gasteiger charge is 2.32. The number of hydrogen-bond acceptors (Lipinski definition) is 6. The summed E-state index contributed by atoms with van der Waals surface area (Å²) in [5.41, 5.74) is 2.32. The van der Waals surface area contributed by atoms with E-state index in [1.54, 1.807) is 23.6 Å². The summed E-state index contributed by atoms with van der Waals surface area (Å²) in [4.78, 5) is 18.6. The standard InChI is InChI=1S/C18H16F3N5O3/c1-10-22-16(29-24-10)15-13-9-26(7-6-14(13)25(2)23-15)17(27)11-4-3-5-12(8-11)28-18(19,20)21/h3-5,8H,6-7,9H2,1-2H3. The average molecular weight is 407 g/mol. The largest absolute Gasteiger partial charge is 0.573 e. The SMILES string of the molecule is Cc1noc(-c2nn(C)c3c2CN(C(=O)c2cccc(OC(F)(F)F)c2)CC3)n1. The van der Waals surface area contributed by atoms with Crippen molar-refractivity contribution in [3.63, 3.8) is 0 Å². The number of fused-ring (bicyclic) bond motifs is 1. The first-order valence-corrected chi connectivity index (χ1v) is 8.72. The van der Waals surface area contributed by atoms with Gasteiger partial charge in [-0.2, -0.15) is 10.1 Å². The molecule has 0 N–H and O–H groups in total. The Bertz CT molecular complexity index is 1070. The van der Waals surface area contributed by atoms with Gasteiger partial charge in [0.2, 0.25) is 0 Å². The molecule has 0 unspecified atom stereocenters. The quantitative estimate of drug-likeness (QED) is 0.664. The van der Waals surface area contributed by atoms with Gasteiger partial charge in [0.05, 0.1) is 6.54 Å². The number of rotatable bonds is 3. The van der Waals surface area contributed by atoms with Crippen LogP contribution >= 0.6 is 0 Å². The van der Waals surface area contributed by atoms with Crippen LogP contribution in [0.15, 0.2) is 28.8 Å². The number of carbonyl (C=O) groups excluding carboxylic acids is 1. The molecule has 0 spiro atoms. The van der Waals surface area contributed by atoms with E-state index in [-0.39, 0.29) is 18.0 Å². The van der Waals surface area contributed by atoms with Crippen molar-refractivity contribution in [1.82, 2.24) is 24.8 Å². The van der Waals surface area contributed by atoms with Gasteiger partial charge in [-0.3, -0.25) is 9.48 Å². The van der Waals surface area contributed by atoms with Crippen LogP contribution in [0.2, 0.25) is 0 Å². The first-order valence-electron chi connectivity index (χ1n) is 8.72. The fourth-order valence-electron chi connectivity index (χ4n) is 3.34. The van der Waals surface area contributed by atoms with Crippen molar-refractivity contribution in [3.05, 3.63) is 46.9 Å². The topological polar surface area (TPSA) is 86.3 Å². The van der Waals surface area contributed by atoms with Crippen LogP contribution in [0, 0.1) is 6.92 Å². The van der Waals surface area contributed by atoms with E-state index in [2.05, 4.69) is 20.0 Å². The number of amides is 1. The maximum atomic E-state index is 12.9. The lowest BCUT2D eigenvalue weighted by atomic mass is 10.0. The van der Waals surface area contributed by atoms with Crippen molar-refractivity contribution >= 4 is 5.91 Å². The third-order valence-electron chi connectivity index (χ3n) is 4.57. The molecule has 29 heavy (non-hydrogen) atoms. The highest BCUT2D eigenvalue weighted by molar-refractivity contribution is 5.94. The number of hydrogen-bond donors (Lipinski definition) is 0. The smallest absolute Gasteiger partial charge is 0.406 e. The van der Waals surface area contributed by atoms with Crippen molar-refractivity contribution < 1.29 is 27.2 Å². The molecule has 1 aliphatic heterocycles. The van der Waals surface area contributed by atoms with E-state index in [0.717, 1.165) is 23.4 Å². The average Bonchev–Trinajstić information content (AvgIpc) is 3.23. The summed E-state index contributed by atoms with van der Waals surface area (Å²) in [7, 11) is 1.79. The molecule has 0 fully saturated rings. The molecule has 152 valence electrons. The summed E-state index contributed by atoms with van der Waals surface area (Å²) in [6.45, 7) is 2.31. The molecule has 0 saturated carbocycles. The number of benzene rings is 1. The Balaban J connectivity index is 1.60. The van der Waals surface area contributed by atoms with Gasteiger partial charge in [-0.05, 0) is 25.1 Å². The maximum Gasteiger partial charge on any atom is 0.573 e. The first-order chi connectivity index (χ1) is 13.7. The zero-order valence-corrected chi connectivity index (χ0v) is 15.5. The van der Waals surface area contributed by atoms with E-state index >= 15 is 0 Å². The second kappa shape index (κ2) is 6.90. The molecular weight excluding hydrogens is 391 g/mol. The summed E-state index contributed by atoms with van der Waals surface area (Å²) >= 11 is 0. The summed E-state index contributed by atoms with van der Waals surface area (Å²) < 4.78 is 48.2. The number of alkyl halides is 3. The predicted molar refractivity (Wildman–Crippen MR) is 92.8 cm³/mol. The minimum Gasteiger partial charge on any atom is -0.406 e.